The van der Waals surface area contributed by atoms with Crippen LogP contribution in [0.3, 0.4) is 0 Å². The summed E-state index contributed by atoms with van der Waals surface area (Å²) in [6.07, 6.45) is 1.65. The number of hydrogen-bond acceptors (Lipinski definition) is 3. The van der Waals surface area contributed by atoms with E-state index in [0.717, 1.165) is 16.9 Å². The first-order valence-electron chi connectivity index (χ1n) is 7.49. The number of carbonyl (C=O) groups is 1. The van der Waals surface area contributed by atoms with Crippen LogP contribution in [0, 0.1) is 6.92 Å². The molecule has 2 rings (SSSR count). The molecule has 0 saturated heterocycles. The minimum atomic E-state index is 0.0201. The predicted molar refractivity (Wildman–Crippen MR) is 90.2 cm³/mol. The van der Waals surface area contributed by atoms with Crippen molar-refractivity contribution in [3.63, 3.8) is 0 Å². The van der Waals surface area contributed by atoms with Gasteiger partial charge in [-0.15, -0.1) is 0 Å². The number of nitrogens with zero attached hydrogens (tertiary/aromatic N) is 3. The van der Waals surface area contributed by atoms with Gasteiger partial charge in [0.2, 0.25) is 0 Å². The lowest BCUT2D eigenvalue weighted by Crippen LogP contribution is -2.30. The highest BCUT2D eigenvalue weighted by molar-refractivity contribution is 5.93. The summed E-state index contributed by atoms with van der Waals surface area (Å²) >= 11 is 0. The van der Waals surface area contributed by atoms with Gasteiger partial charge in [0.05, 0.1) is 5.56 Å². The van der Waals surface area contributed by atoms with Crippen molar-refractivity contribution in [3.05, 3.63) is 59.4 Å². The van der Waals surface area contributed by atoms with Crippen molar-refractivity contribution < 1.29 is 4.79 Å². The lowest BCUT2D eigenvalue weighted by Gasteiger charge is -2.21. The fraction of sp³-hybridized carbons (Fsp3) is 0.333. The molecule has 0 spiro atoms. The number of carbonyl (C=O) groups excluding carboxylic acids is 1. The fourth-order valence-corrected chi connectivity index (χ4v) is 2.22. The van der Waals surface area contributed by atoms with Gasteiger partial charge in [0.25, 0.3) is 5.91 Å². The van der Waals surface area contributed by atoms with Crippen LogP contribution in [-0.2, 0) is 6.54 Å². The Bertz CT molecular complexity index is 618. The second-order valence-electron chi connectivity index (χ2n) is 5.57. The van der Waals surface area contributed by atoms with Crippen molar-refractivity contribution in [3.8, 4) is 0 Å². The molecular weight excluding hydrogens is 274 g/mol. The van der Waals surface area contributed by atoms with E-state index in [1.165, 1.54) is 0 Å². The van der Waals surface area contributed by atoms with Crippen molar-refractivity contribution in [2.45, 2.75) is 20.4 Å². The molecule has 0 atom stereocenters. The highest BCUT2D eigenvalue weighted by Gasteiger charge is 2.14. The standard InChI is InChI=1S/C18H23N3O/c1-5-21(18(22)16-9-6-14(2)19-12-16)13-15-7-10-17(11-8-15)20(3)4/h6-12H,5,13H2,1-4H3. The largest absolute Gasteiger partial charge is 0.378 e. The zero-order chi connectivity index (χ0) is 16.1. The highest BCUT2D eigenvalue weighted by Crippen LogP contribution is 2.15. The van der Waals surface area contributed by atoms with Crippen molar-refractivity contribution in [1.29, 1.82) is 0 Å². The number of anilines is 1. The minimum absolute atomic E-state index is 0.0201. The maximum Gasteiger partial charge on any atom is 0.255 e. The van der Waals surface area contributed by atoms with Gasteiger partial charge in [-0.3, -0.25) is 9.78 Å². The number of aryl methyl sites for hydroxylation is 1. The molecule has 0 radical (unpaired) electrons. The summed E-state index contributed by atoms with van der Waals surface area (Å²) in [6.45, 7) is 5.19. The number of rotatable bonds is 5. The van der Waals surface area contributed by atoms with E-state index < -0.39 is 0 Å². The monoisotopic (exact) mass is 297 g/mol. The van der Waals surface area contributed by atoms with Gasteiger partial charge in [0, 0.05) is 44.8 Å². The molecule has 0 aliphatic rings. The van der Waals surface area contributed by atoms with Crippen LogP contribution in [0.4, 0.5) is 5.69 Å². The number of aromatic nitrogens is 1. The number of benzene rings is 1. The van der Waals surface area contributed by atoms with Crippen LogP contribution in [-0.4, -0.2) is 36.4 Å². The van der Waals surface area contributed by atoms with E-state index in [0.29, 0.717) is 18.7 Å². The average Bonchev–Trinajstić information content (AvgIpc) is 2.53. The molecule has 4 nitrogen and oxygen atoms in total. The quantitative estimate of drug-likeness (QED) is 0.851. The second-order valence-corrected chi connectivity index (χ2v) is 5.57. The Balaban J connectivity index is 2.11. The molecule has 0 N–H and O–H groups in total. The van der Waals surface area contributed by atoms with Crippen LogP contribution in [0.25, 0.3) is 0 Å². The van der Waals surface area contributed by atoms with Gasteiger partial charge < -0.3 is 9.80 Å². The highest BCUT2D eigenvalue weighted by atomic mass is 16.2. The van der Waals surface area contributed by atoms with Gasteiger partial charge in [0.15, 0.2) is 0 Å². The summed E-state index contributed by atoms with van der Waals surface area (Å²) in [7, 11) is 4.03. The number of hydrogen-bond donors (Lipinski definition) is 0. The Morgan fingerprint density at radius 2 is 1.77 bits per heavy atom. The molecule has 0 fully saturated rings. The summed E-state index contributed by atoms with van der Waals surface area (Å²) in [5, 5.41) is 0. The van der Waals surface area contributed by atoms with Gasteiger partial charge in [0.1, 0.15) is 0 Å². The van der Waals surface area contributed by atoms with Gasteiger partial charge in [-0.25, -0.2) is 0 Å². The smallest absolute Gasteiger partial charge is 0.255 e. The normalized spacial score (nSPS) is 10.4. The summed E-state index contributed by atoms with van der Waals surface area (Å²) in [5.74, 6) is 0.0201. The van der Waals surface area contributed by atoms with E-state index >= 15 is 0 Å². The molecule has 22 heavy (non-hydrogen) atoms. The lowest BCUT2D eigenvalue weighted by atomic mass is 10.1. The van der Waals surface area contributed by atoms with E-state index in [-0.39, 0.29) is 5.91 Å². The topological polar surface area (TPSA) is 36.4 Å². The third-order valence-electron chi connectivity index (χ3n) is 3.65. The van der Waals surface area contributed by atoms with Gasteiger partial charge in [-0.2, -0.15) is 0 Å². The van der Waals surface area contributed by atoms with Gasteiger partial charge >= 0.3 is 0 Å². The predicted octanol–water partition coefficient (Wildman–Crippen LogP) is 3.12. The Kier molecular flexibility index (Phi) is 5.15. The Morgan fingerprint density at radius 1 is 1.09 bits per heavy atom. The molecule has 2 aromatic rings. The first-order valence-corrected chi connectivity index (χ1v) is 7.49. The molecule has 0 aliphatic carbocycles. The van der Waals surface area contributed by atoms with Crippen LogP contribution in [0.5, 0.6) is 0 Å². The summed E-state index contributed by atoms with van der Waals surface area (Å²) in [6, 6.07) is 12.0. The number of amides is 1. The van der Waals surface area contributed by atoms with Crippen LogP contribution >= 0.6 is 0 Å². The SMILES string of the molecule is CCN(Cc1ccc(N(C)C)cc1)C(=O)c1ccc(C)nc1. The fourth-order valence-electron chi connectivity index (χ4n) is 2.22. The molecule has 0 aliphatic heterocycles. The molecule has 1 heterocycles. The van der Waals surface area contributed by atoms with Crippen LogP contribution in [0.1, 0.15) is 28.5 Å². The van der Waals surface area contributed by atoms with E-state index in [1.807, 2.05) is 45.0 Å². The van der Waals surface area contributed by atoms with E-state index in [2.05, 4.69) is 34.1 Å². The van der Waals surface area contributed by atoms with Crippen molar-refractivity contribution in [2.75, 3.05) is 25.5 Å². The summed E-state index contributed by atoms with van der Waals surface area (Å²) in [4.78, 5) is 20.6. The Labute approximate surface area is 132 Å². The Hall–Kier alpha value is -2.36. The van der Waals surface area contributed by atoms with Crippen LogP contribution < -0.4 is 4.90 Å². The third-order valence-corrected chi connectivity index (χ3v) is 3.65. The third kappa shape index (κ3) is 3.85. The molecule has 1 aromatic heterocycles. The van der Waals surface area contributed by atoms with Crippen molar-refractivity contribution >= 4 is 11.6 Å². The average molecular weight is 297 g/mol. The first kappa shape index (κ1) is 16.0. The zero-order valence-electron chi connectivity index (χ0n) is 13.7. The van der Waals surface area contributed by atoms with Crippen LogP contribution in [0.15, 0.2) is 42.6 Å². The summed E-state index contributed by atoms with van der Waals surface area (Å²) < 4.78 is 0. The molecule has 0 saturated carbocycles. The first-order chi connectivity index (χ1) is 10.5. The van der Waals surface area contributed by atoms with Crippen molar-refractivity contribution in [2.24, 2.45) is 0 Å². The molecule has 116 valence electrons. The van der Waals surface area contributed by atoms with E-state index in [4.69, 9.17) is 0 Å². The van der Waals surface area contributed by atoms with E-state index in [1.54, 1.807) is 6.20 Å². The number of pyridine rings is 1. The van der Waals surface area contributed by atoms with E-state index in [9.17, 15) is 4.79 Å². The summed E-state index contributed by atoms with van der Waals surface area (Å²) in [5.41, 5.74) is 3.83. The molecule has 0 bridgehead atoms. The lowest BCUT2D eigenvalue weighted by molar-refractivity contribution is 0.0752. The minimum Gasteiger partial charge on any atom is -0.378 e. The zero-order valence-corrected chi connectivity index (χ0v) is 13.7. The molecule has 1 aromatic carbocycles. The second kappa shape index (κ2) is 7.07. The molecule has 0 unspecified atom stereocenters. The van der Waals surface area contributed by atoms with Crippen LogP contribution in [0.2, 0.25) is 0 Å². The maximum atomic E-state index is 12.5. The van der Waals surface area contributed by atoms with Gasteiger partial charge in [-0.05, 0) is 43.7 Å². The Morgan fingerprint density at radius 3 is 2.27 bits per heavy atom. The van der Waals surface area contributed by atoms with Gasteiger partial charge in [-0.1, -0.05) is 12.1 Å². The van der Waals surface area contributed by atoms with Crippen molar-refractivity contribution in [1.82, 2.24) is 9.88 Å². The maximum absolute atomic E-state index is 12.5. The molecule has 4 heteroatoms. The molecular formula is C18H23N3O. The molecule has 1 amide bonds.